The van der Waals surface area contributed by atoms with E-state index in [0.29, 0.717) is 5.75 Å². The maximum Gasteiger partial charge on any atom is 0.0710 e. The van der Waals surface area contributed by atoms with Gasteiger partial charge in [0.25, 0.3) is 0 Å². The minimum Gasteiger partial charge on any atom is -0.399 e. The average molecular weight is 290 g/mol. The number of anilines is 1. The number of rotatable bonds is 4. The molecule has 0 bridgehead atoms. The van der Waals surface area contributed by atoms with Gasteiger partial charge in [0.1, 0.15) is 0 Å². The lowest BCUT2D eigenvalue weighted by Crippen LogP contribution is -2.25. The third-order valence-electron chi connectivity index (χ3n) is 2.26. The summed E-state index contributed by atoms with van der Waals surface area (Å²) in [5.74, 6) is 0.687. The number of hydrogen-bond acceptors (Lipinski definition) is 3. The highest BCUT2D eigenvalue weighted by molar-refractivity contribution is 9.10. The predicted molar refractivity (Wildman–Crippen MR) is 70.2 cm³/mol. The van der Waals surface area contributed by atoms with Gasteiger partial charge in [0.05, 0.1) is 5.60 Å². The molecular weight excluding hydrogens is 274 g/mol. The second kappa shape index (κ2) is 5.23. The first-order chi connectivity index (χ1) is 6.94. The predicted octanol–water partition coefficient (Wildman–Crippen LogP) is 3.28. The first-order valence-electron chi connectivity index (χ1n) is 4.85. The minimum atomic E-state index is -0.606. The van der Waals surface area contributed by atoms with Gasteiger partial charge < -0.3 is 10.8 Å². The Kier molecular flexibility index (Phi) is 4.49. The fraction of sp³-hybridized carbons (Fsp3) is 0.455. The lowest BCUT2D eigenvalue weighted by atomic mass is 10.1. The number of nitrogens with two attached hydrogens (primary N) is 1. The first kappa shape index (κ1) is 12.9. The smallest absolute Gasteiger partial charge is 0.0710 e. The molecule has 15 heavy (non-hydrogen) atoms. The van der Waals surface area contributed by atoms with Crippen molar-refractivity contribution in [2.24, 2.45) is 0 Å². The highest BCUT2D eigenvalue weighted by atomic mass is 79.9. The molecule has 0 saturated heterocycles. The summed E-state index contributed by atoms with van der Waals surface area (Å²) in [4.78, 5) is 1.11. The van der Waals surface area contributed by atoms with Crippen LogP contribution in [0.25, 0.3) is 0 Å². The van der Waals surface area contributed by atoms with Gasteiger partial charge in [-0.1, -0.05) is 6.92 Å². The molecule has 4 heteroatoms. The van der Waals surface area contributed by atoms with Crippen LogP contribution in [0.3, 0.4) is 0 Å². The first-order valence-corrected chi connectivity index (χ1v) is 6.62. The van der Waals surface area contributed by atoms with Crippen molar-refractivity contribution >= 4 is 33.4 Å². The molecule has 0 aliphatic heterocycles. The normalized spacial score (nSPS) is 14.9. The topological polar surface area (TPSA) is 46.2 Å². The van der Waals surface area contributed by atoms with Crippen molar-refractivity contribution in [3.8, 4) is 0 Å². The number of thioether (sulfide) groups is 1. The number of halogens is 1. The van der Waals surface area contributed by atoms with Gasteiger partial charge in [-0.25, -0.2) is 0 Å². The van der Waals surface area contributed by atoms with Crippen molar-refractivity contribution in [3.05, 3.63) is 22.7 Å². The number of aliphatic hydroxyl groups is 1. The molecule has 0 saturated carbocycles. The van der Waals surface area contributed by atoms with Gasteiger partial charge in [-0.15, -0.1) is 11.8 Å². The molecule has 1 aromatic rings. The molecule has 0 heterocycles. The quantitative estimate of drug-likeness (QED) is 0.661. The highest BCUT2D eigenvalue weighted by Crippen LogP contribution is 2.31. The van der Waals surface area contributed by atoms with Gasteiger partial charge in [0.15, 0.2) is 0 Å². The SMILES string of the molecule is CCC(C)(O)CSc1ccc(N)cc1Br. The molecule has 3 N–H and O–H groups in total. The van der Waals surface area contributed by atoms with E-state index in [1.54, 1.807) is 11.8 Å². The molecule has 2 nitrogen and oxygen atoms in total. The van der Waals surface area contributed by atoms with Gasteiger partial charge in [0, 0.05) is 20.8 Å². The van der Waals surface area contributed by atoms with Gasteiger partial charge in [-0.2, -0.15) is 0 Å². The van der Waals surface area contributed by atoms with E-state index in [2.05, 4.69) is 15.9 Å². The van der Waals surface area contributed by atoms with Crippen LogP contribution in [-0.4, -0.2) is 16.5 Å². The monoisotopic (exact) mass is 289 g/mol. The number of benzene rings is 1. The van der Waals surface area contributed by atoms with Crippen molar-refractivity contribution < 1.29 is 5.11 Å². The fourth-order valence-corrected chi connectivity index (χ4v) is 2.74. The van der Waals surface area contributed by atoms with Crippen molar-refractivity contribution in [1.82, 2.24) is 0 Å². The molecule has 0 radical (unpaired) electrons. The van der Waals surface area contributed by atoms with E-state index in [9.17, 15) is 5.11 Å². The molecule has 0 amide bonds. The second-order valence-corrected chi connectivity index (χ2v) is 5.70. The van der Waals surface area contributed by atoms with E-state index in [-0.39, 0.29) is 0 Å². The third kappa shape index (κ3) is 4.05. The van der Waals surface area contributed by atoms with Crippen LogP contribution >= 0.6 is 27.7 Å². The lowest BCUT2D eigenvalue weighted by molar-refractivity contribution is 0.0816. The summed E-state index contributed by atoms with van der Waals surface area (Å²) in [5, 5.41) is 9.87. The van der Waals surface area contributed by atoms with Crippen molar-refractivity contribution in [2.75, 3.05) is 11.5 Å². The largest absolute Gasteiger partial charge is 0.399 e. The zero-order valence-corrected chi connectivity index (χ0v) is 11.4. The number of hydrogen-bond donors (Lipinski definition) is 2. The zero-order chi connectivity index (χ0) is 11.5. The van der Waals surface area contributed by atoms with E-state index in [0.717, 1.165) is 21.5 Å². The zero-order valence-electron chi connectivity index (χ0n) is 8.96. The Morgan fingerprint density at radius 1 is 1.53 bits per heavy atom. The Balaban J connectivity index is 2.66. The molecule has 0 aliphatic carbocycles. The molecule has 1 rings (SSSR count). The van der Waals surface area contributed by atoms with Crippen LogP contribution in [-0.2, 0) is 0 Å². The fourth-order valence-electron chi connectivity index (χ4n) is 0.969. The van der Waals surface area contributed by atoms with E-state index in [1.807, 2.05) is 32.0 Å². The highest BCUT2D eigenvalue weighted by Gasteiger charge is 2.18. The van der Waals surface area contributed by atoms with Crippen molar-refractivity contribution in [3.63, 3.8) is 0 Å². The van der Waals surface area contributed by atoms with E-state index in [4.69, 9.17) is 5.73 Å². The van der Waals surface area contributed by atoms with Crippen LogP contribution in [0.1, 0.15) is 20.3 Å². The van der Waals surface area contributed by atoms with Crippen LogP contribution in [0, 0.1) is 0 Å². The molecule has 1 unspecified atom stereocenters. The molecular formula is C11H16BrNOS. The summed E-state index contributed by atoms with van der Waals surface area (Å²) in [7, 11) is 0. The van der Waals surface area contributed by atoms with E-state index in [1.165, 1.54) is 0 Å². The molecule has 84 valence electrons. The molecule has 1 aromatic carbocycles. The summed E-state index contributed by atoms with van der Waals surface area (Å²) in [6.07, 6.45) is 0.757. The Bertz CT molecular complexity index is 341. The molecule has 0 aromatic heterocycles. The third-order valence-corrected chi connectivity index (χ3v) is 4.61. The van der Waals surface area contributed by atoms with Crippen LogP contribution in [0.2, 0.25) is 0 Å². The summed E-state index contributed by atoms with van der Waals surface area (Å²) in [6, 6.07) is 5.71. The molecule has 1 atom stereocenters. The van der Waals surface area contributed by atoms with Crippen LogP contribution in [0.15, 0.2) is 27.6 Å². The van der Waals surface area contributed by atoms with Crippen LogP contribution in [0.5, 0.6) is 0 Å². The Morgan fingerprint density at radius 2 is 2.20 bits per heavy atom. The van der Waals surface area contributed by atoms with Crippen LogP contribution < -0.4 is 5.73 Å². The minimum absolute atomic E-state index is 0.606. The summed E-state index contributed by atoms with van der Waals surface area (Å²) < 4.78 is 0.986. The lowest BCUT2D eigenvalue weighted by Gasteiger charge is -2.20. The summed E-state index contributed by atoms with van der Waals surface area (Å²) in [6.45, 7) is 3.84. The Labute approximate surface area is 103 Å². The maximum atomic E-state index is 9.87. The maximum absolute atomic E-state index is 9.87. The average Bonchev–Trinajstić information content (AvgIpc) is 2.16. The molecule has 0 aliphatic rings. The van der Waals surface area contributed by atoms with E-state index >= 15 is 0 Å². The van der Waals surface area contributed by atoms with Gasteiger partial charge >= 0.3 is 0 Å². The summed E-state index contributed by atoms with van der Waals surface area (Å²) in [5.41, 5.74) is 5.79. The Hall–Kier alpha value is -0.190. The molecule has 0 spiro atoms. The van der Waals surface area contributed by atoms with Crippen molar-refractivity contribution in [2.45, 2.75) is 30.8 Å². The summed E-state index contributed by atoms with van der Waals surface area (Å²) >= 11 is 5.09. The Morgan fingerprint density at radius 3 is 2.73 bits per heavy atom. The van der Waals surface area contributed by atoms with E-state index < -0.39 is 5.60 Å². The van der Waals surface area contributed by atoms with Gasteiger partial charge in [-0.05, 0) is 47.5 Å². The molecule has 0 fully saturated rings. The second-order valence-electron chi connectivity index (χ2n) is 3.83. The van der Waals surface area contributed by atoms with Crippen molar-refractivity contribution in [1.29, 1.82) is 0 Å². The standard InChI is InChI=1S/C11H16BrNOS/c1-3-11(2,14)7-15-10-5-4-8(13)6-9(10)12/h4-6,14H,3,7,13H2,1-2H3. The van der Waals surface area contributed by atoms with Gasteiger partial charge in [0.2, 0.25) is 0 Å². The van der Waals surface area contributed by atoms with Gasteiger partial charge in [-0.3, -0.25) is 0 Å². The number of nitrogen functional groups attached to an aromatic ring is 1. The van der Waals surface area contributed by atoms with Crippen LogP contribution in [0.4, 0.5) is 5.69 Å².